The molecule has 3 nitrogen and oxygen atoms in total. The largest absolute Gasteiger partial charge is 0.274 e. The molecule has 0 unspecified atom stereocenters. The summed E-state index contributed by atoms with van der Waals surface area (Å²) in [4.78, 5) is 15.7. The zero-order chi connectivity index (χ0) is 11.1. The topological polar surface area (TPSA) is 34.9 Å². The van der Waals surface area contributed by atoms with Gasteiger partial charge in [-0.25, -0.2) is 4.98 Å². The van der Waals surface area contributed by atoms with Gasteiger partial charge >= 0.3 is 0 Å². The molecule has 0 fully saturated rings. The first-order valence-electron chi connectivity index (χ1n) is 5.47. The number of carbonyl (C=O) groups excluding carboxylic acids is 1. The number of hydrogen-bond donors (Lipinski definition) is 0. The first-order chi connectivity index (χ1) is 7.29. The third-order valence-electron chi connectivity index (χ3n) is 2.39. The van der Waals surface area contributed by atoms with Crippen LogP contribution in [0.4, 0.5) is 0 Å². The zero-order valence-electron chi connectivity index (χ0n) is 9.28. The van der Waals surface area contributed by atoms with Crippen molar-refractivity contribution in [3.63, 3.8) is 0 Å². The van der Waals surface area contributed by atoms with Crippen molar-refractivity contribution in [2.75, 3.05) is 0 Å². The van der Waals surface area contributed by atoms with Crippen LogP contribution in [0.2, 0.25) is 0 Å². The Bertz CT molecular complexity index is 328. The number of nitrogens with zero attached hydrogens (tertiary/aromatic N) is 2. The molecule has 0 aliphatic rings. The van der Waals surface area contributed by atoms with Gasteiger partial charge in [0.15, 0.2) is 0 Å². The monoisotopic (exact) mass is 206 g/mol. The fourth-order valence-corrected chi connectivity index (χ4v) is 1.49. The number of hydrogen-bond acceptors (Lipinski definition) is 2. The van der Waals surface area contributed by atoms with Crippen molar-refractivity contribution in [1.29, 1.82) is 0 Å². The van der Waals surface area contributed by atoms with E-state index in [0.717, 1.165) is 18.5 Å². The summed E-state index contributed by atoms with van der Waals surface area (Å²) in [5.74, 6) is 0.110. The van der Waals surface area contributed by atoms with E-state index in [0.29, 0.717) is 6.42 Å². The van der Waals surface area contributed by atoms with Gasteiger partial charge in [-0.05, 0) is 12.5 Å². The molecule has 15 heavy (non-hydrogen) atoms. The average molecular weight is 206 g/mol. The van der Waals surface area contributed by atoms with Crippen LogP contribution >= 0.6 is 0 Å². The second-order valence-electron chi connectivity index (χ2n) is 3.60. The third-order valence-corrected chi connectivity index (χ3v) is 2.39. The van der Waals surface area contributed by atoms with Crippen molar-refractivity contribution in [2.45, 2.75) is 39.0 Å². The fraction of sp³-hybridized carbons (Fsp3) is 0.500. The van der Waals surface area contributed by atoms with E-state index in [4.69, 9.17) is 0 Å². The molecule has 0 atom stereocenters. The van der Waals surface area contributed by atoms with Gasteiger partial charge in [0.25, 0.3) is 0 Å². The Morgan fingerprint density at radius 2 is 2.33 bits per heavy atom. The van der Waals surface area contributed by atoms with Crippen molar-refractivity contribution in [3.8, 4) is 0 Å². The predicted molar refractivity (Wildman–Crippen MR) is 61.7 cm³/mol. The van der Waals surface area contributed by atoms with Crippen molar-refractivity contribution in [2.24, 2.45) is 0 Å². The van der Waals surface area contributed by atoms with Crippen LogP contribution in [0.5, 0.6) is 0 Å². The van der Waals surface area contributed by atoms with Crippen LogP contribution in [0.3, 0.4) is 0 Å². The summed E-state index contributed by atoms with van der Waals surface area (Å²) in [5, 5.41) is 0. The highest BCUT2D eigenvalue weighted by Gasteiger charge is 2.07. The smallest absolute Gasteiger partial charge is 0.232 e. The van der Waals surface area contributed by atoms with Gasteiger partial charge in [-0.15, -0.1) is 0 Å². The summed E-state index contributed by atoms with van der Waals surface area (Å²) in [6, 6.07) is 0. The van der Waals surface area contributed by atoms with E-state index >= 15 is 0 Å². The number of unbranched alkanes of at least 4 members (excludes halogenated alkanes) is 3. The molecular weight excluding hydrogens is 188 g/mol. The van der Waals surface area contributed by atoms with E-state index in [2.05, 4.69) is 18.5 Å². The molecule has 0 aromatic carbocycles. The number of carbonyl (C=O) groups is 1. The highest BCUT2D eigenvalue weighted by molar-refractivity contribution is 5.80. The molecule has 0 amide bonds. The quantitative estimate of drug-likeness (QED) is 0.670. The summed E-state index contributed by atoms with van der Waals surface area (Å²) < 4.78 is 1.57. The lowest BCUT2D eigenvalue weighted by Crippen LogP contribution is -2.10. The highest BCUT2D eigenvalue weighted by Crippen LogP contribution is 2.07. The summed E-state index contributed by atoms with van der Waals surface area (Å²) in [7, 11) is 0. The lowest BCUT2D eigenvalue weighted by Gasteiger charge is -2.03. The second kappa shape index (κ2) is 6.17. The Morgan fingerprint density at radius 1 is 1.53 bits per heavy atom. The lowest BCUT2D eigenvalue weighted by atomic mass is 10.1. The highest BCUT2D eigenvalue weighted by atomic mass is 16.2. The van der Waals surface area contributed by atoms with Crippen molar-refractivity contribution < 1.29 is 4.79 Å². The van der Waals surface area contributed by atoms with Crippen molar-refractivity contribution in [3.05, 3.63) is 24.8 Å². The molecular formula is C12H18N2O. The number of aromatic nitrogens is 2. The molecule has 0 saturated carbocycles. The fourth-order valence-electron chi connectivity index (χ4n) is 1.49. The maximum Gasteiger partial charge on any atom is 0.232 e. The zero-order valence-corrected chi connectivity index (χ0v) is 9.28. The molecule has 1 heterocycles. The van der Waals surface area contributed by atoms with Crippen LogP contribution in [0.25, 0.3) is 6.08 Å². The molecule has 0 N–H and O–H groups in total. The molecule has 0 radical (unpaired) electrons. The first-order valence-corrected chi connectivity index (χ1v) is 5.47. The Balaban J connectivity index is 2.43. The average Bonchev–Trinajstić information content (AvgIpc) is 2.72. The van der Waals surface area contributed by atoms with E-state index < -0.39 is 0 Å². The van der Waals surface area contributed by atoms with Gasteiger partial charge < -0.3 is 0 Å². The first kappa shape index (κ1) is 11.7. The van der Waals surface area contributed by atoms with Gasteiger partial charge in [-0.2, -0.15) is 0 Å². The van der Waals surface area contributed by atoms with Crippen LogP contribution in [0, 0.1) is 0 Å². The minimum absolute atomic E-state index is 0.110. The summed E-state index contributed by atoms with van der Waals surface area (Å²) >= 11 is 0. The Labute approximate surface area is 90.8 Å². The van der Waals surface area contributed by atoms with Crippen molar-refractivity contribution in [1.82, 2.24) is 9.55 Å². The predicted octanol–water partition coefficient (Wildman–Crippen LogP) is 3.14. The minimum atomic E-state index is 0.110. The van der Waals surface area contributed by atoms with E-state index in [1.54, 1.807) is 23.2 Å². The molecule has 0 saturated heterocycles. The SMILES string of the molecule is C=Cc1cncn1C(=O)CCCCCC. The van der Waals surface area contributed by atoms with E-state index in [1.165, 1.54) is 12.8 Å². The van der Waals surface area contributed by atoms with Crippen molar-refractivity contribution >= 4 is 12.0 Å². The van der Waals surface area contributed by atoms with Gasteiger partial charge in [0.2, 0.25) is 5.91 Å². The van der Waals surface area contributed by atoms with Gasteiger partial charge in [-0.3, -0.25) is 9.36 Å². The molecule has 1 rings (SSSR count). The van der Waals surface area contributed by atoms with Crippen LogP contribution < -0.4 is 0 Å². The summed E-state index contributed by atoms with van der Waals surface area (Å²) in [6.45, 7) is 5.80. The Kier molecular flexibility index (Phi) is 4.81. The van der Waals surface area contributed by atoms with Crippen LogP contribution in [0.15, 0.2) is 19.1 Å². The lowest BCUT2D eigenvalue weighted by molar-refractivity contribution is 0.0898. The molecule has 0 spiro atoms. The summed E-state index contributed by atoms with van der Waals surface area (Å²) in [5.41, 5.74) is 0.774. The minimum Gasteiger partial charge on any atom is -0.274 e. The molecule has 3 heteroatoms. The van der Waals surface area contributed by atoms with Gasteiger partial charge in [0.05, 0.1) is 11.9 Å². The van der Waals surface area contributed by atoms with Gasteiger partial charge in [-0.1, -0.05) is 32.8 Å². The number of rotatable bonds is 6. The van der Waals surface area contributed by atoms with E-state index in [-0.39, 0.29) is 5.91 Å². The summed E-state index contributed by atoms with van der Waals surface area (Å²) in [6.07, 6.45) is 9.93. The van der Waals surface area contributed by atoms with E-state index in [9.17, 15) is 4.79 Å². The normalized spacial score (nSPS) is 10.2. The molecule has 1 aromatic heterocycles. The third kappa shape index (κ3) is 3.35. The van der Waals surface area contributed by atoms with E-state index in [1.807, 2.05) is 0 Å². The second-order valence-corrected chi connectivity index (χ2v) is 3.60. The van der Waals surface area contributed by atoms with Crippen LogP contribution in [0.1, 0.15) is 49.5 Å². The number of imidazole rings is 1. The molecule has 0 bridgehead atoms. The standard InChI is InChI=1S/C12H18N2O/c1-3-5-6-7-8-12(15)14-10-13-9-11(14)4-2/h4,9-10H,2-3,5-8H2,1H3. The molecule has 82 valence electrons. The van der Waals surface area contributed by atoms with Crippen LogP contribution in [-0.4, -0.2) is 15.5 Å². The van der Waals surface area contributed by atoms with Gasteiger partial charge in [0, 0.05) is 6.42 Å². The Morgan fingerprint density at radius 3 is 3.00 bits per heavy atom. The van der Waals surface area contributed by atoms with Crippen LogP contribution in [-0.2, 0) is 0 Å². The maximum absolute atomic E-state index is 11.7. The Hall–Kier alpha value is -1.38. The molecule has 0 aliphatic heterocycles. The molecule has 1 aromatic rings. The maximum atomic E-state index is 11.7. The molecule has 0 aliphatic carbocycles. The van der Waals surface area contributed by atoms with Gasteiger partial charge in [0.1, 0.15) is 6.33 Å².